The zero-order chi connectivity index (χ0) is 29.4. The van der Waals surface area contributed by atoms with Gasteiger partial charge in [-0.25, -0.2) is 0 Å². The molecule has 236 valence electrons. The standard InChI is InChI=1S/C32H44N4O5S.ClH/c1-20-7-4-10-24(21(20)2)34-30(38)28-32-12-11-25(41-32)26(29(37)33-22-8-5-9-23(19-22)42-3)27(32)31(39)36(28)14-6-13-35-15-17-40-18-16-35;/h5,8-9,11-12,19-21,24-28H,4,6-7,10,13-18H2,1-3H3,(H,33,37)(H,34,38);1H. The van der Waals surface area contributed by atoms with Crippen molar-refractivity contribution in [3.63, 3.8) is 0 Å². The van der Waals surface area contributed by atoms with Crippen molar-refractivity contribution in [3.8, 4) is 0 Å². The van der Waals surface area contributed by atoms with Crippen LogP contribution >= 0.6 is 24.2 Å². The normalized spacial score (nSPS) is 35.0. The van der Waals surface area contributed by atoms with Gasteiger partial charge in [0.1, 0.15) is 11.6 Å². The van der Waals surface area contributed by atoms with Gasteiger partial charge in [-0.15, -0.1) is 24.2 Å². The van der Waals surface area contributed by atoms with Crippen LogP contribution in [0.15, 0.2) is 41.3 Å². The second-order valence-corrected chi connectivity index (χ2v) is 13.5. The molecule has 8 unspecified atom stereocenters. The van der Waals surface area contributed by atoms with Crippen molar-refractivity contribution in [2.45, 2.75) is 68.2 Å². The van der Waals surface area contributed by atoms with Gasteiger partial charge in [-0.1, -0.05) is 44.9 Å². The van der Waals surface area contributed by atoms with Crippen molar-refractivity contribution in [3.05, 3.63) is 36.4 Å². The topological polar surface area (TPSA) is 100 Å². The highest BCUT2D eigenvalue weighted by molar-refractivity contribution is 7.98. The fourth-order valence-corrected chi connectivity index (χ4v) is 8.23. The van der Waals surface area contributed by atoms with E-state index in [1.165, 1.54) is 6.42 Å². The van der Waals surface area contributed by atoms with Crippen molar-refractivity contribution in [1.29, 1.82) is 0 Å². The number of likely N-dealkylation sites (tertiary alicyclic amines) is 1. The molecule has 1 aliphatic carbocycles. The van der Waals surface area contributed by atoms with Gasteiger partial charge in [-0.2, -0.15) is 0 Å². The van der Waals surface area contributed by atoms with E-state index in [9.17, 15) is 14.4 Å². The largest absolute Gasteiger partial charge is 0.379 e. The molecule has 1 aromatic rings. The Morgan fingerprint density at radius 2 is 1.91 bits per heavy atom. The predicted molar refractivity (Wildman–Crippen MR) is 169 cm³/mol. The van der Waals surface area contributed by atoms with Gasteiger partial charge in [0, 0.05) is 42.8 Å². The van der Waals surface area contributed by atoms with Crippen molar-refractivity contribution in [1.82, 2.24) is 15.1 Å². The van der Waals surface area contributed by atoms with Crippen LogP contribution in [-0.2, 0) is 23.9 Å². The summed E-state index contributed by atoms with van der Waals surface area (Å²) in [5.74, 6) is -1.12. The first-order valence-corrected chi connectivity index (χ1v) is 16.8. The van der Waals surface area contributed by atoms with Crippen LogP contribution in [0.25, 0.3) is 0 Å². The van der Waals surface area contributed by atoms with E-state index in [0.717, 1.165) is 43.8 Å². The van der Waals surface area contributed by atoms with E-state index >= 15 is 0 Å². The molecule has 8 atom stereocenters. The molecule has 4 fully saturated rings. The zero-order valence-electron chi connectivity index (χ0n) is 25.3. The zero-order valence-corrected chi connectivity index (χ0v) is 27.0. The van der Waals surface area contributed by atoms with E-state index in [0.29, 0.717) is 37.3 Å². The quantitative estimate of drug-likeness (QED) is 0.317. The SMILES string of the molecule is CSc1cccc(NC(=O)C2C3C=CC4(O3)C2C(=O)N(CCCN2CCOCC2)C4C(=O)NC2CCCC(C)C2C)c1.Cl. The highest BCUT2D eigenvalue weighted by atomic mass is 35.5. The fraction of sp³-hybridized carbons (Fsp3) is 0.656. The van der Waals surface area contributed by atoms with Crippen LogP contribution in [0, 0.1) is 23.7 Å². The molecule has 1 aromatic carbocycles. The minimum absolute atomic E-state index is 0. The lowest BCUT2D eigenvalue weighted by Crippen LogP contribution is -2.58. The molecule has 0 aromatic heterocycles. The molecule has 3 amide bonds. The van der Waals surface area contributed by atoms with Gasteiger partial charge >= 0.3 is 0 Å². The van der Waals surface area contributed by atoms with E-state index in [1.54, 1.807) is 16.7 Å². The Morgan fingerprint density at radius 1 is 1.12 bits per heavy atom. The third kappa shape index (κ3) is 6.10. The molecule has 1 saturated carbocycles. The van der Waals surface area contributed by atoms with Crippen molar-refractivity contribution in [2.24, 2.45) is 23.7 Å². The number of morpholine rings is 1. The number of carbonyl (C=O) groups is 3. The van der Waals surface area contributed by atoms with Gasteiger partial charge in [-0.3, -0.25) is 19.3 Å². The molecule has 6 rings (SSSR count). The molecule has 43 heavy (non-hydrogen) atoms. The van der Waals surface area contributed by atoms with Crippen molar-refractivity contribution >= 4 is 47.6 Å². The summed E-state index contributed by atoms with van der Waals surface area (Å²) in [4.78, 5) is 47.3. The van der Waals surface area contributed by atoms with Crippen LogP contribution in [0.5, 0.6) is 0 Å². The fourth-order valence-electron chi connectivity index (χ4n) is 7.77. The number of fused-ring (bicyclic) bond motifs is 1. The lowest BCUT2D eigenvalue weighted by atomic mass is 9.73. The maximum atomic E-state index is 14.3. The minimum atomic E-state index is -1.14. The number of nitrogens with one attached hydrogen (secondary N) is 2. The molecule has 4 aliphatic heterocycles. The van der Waals surface area contributed by atoms with Crippen LogP contribution in [-0.4, -0.2) is 97.0 Å². The summed E-state index contributed by atoms with van der Waals surface area (Å²) in [5, 5.41) is 6.38. The first kappa shape index (κ1) is 32.3. The van der Waals surface area contributed by atoms with Gasteiger partial charge in [0.2, 0.25) is 17.7 Å². The summed E-state index contributed by atoms with van der Waals surface area (Å²) >= 11 is 1.60. The van der Waals surface area contributed by atoms with Crippen LogP contribution in [0.1, 0.15) is 39.5 Å². The van der Waals surface area contributed by atoms with E-state index in [-0.39, 0.29) is 36.2 Å². The van der Waals surface area contributed by atoms with E-state index < -0.39 is 29.6 Å². The highest BCUT2D eigenvalue weighted by Crippen LogP contribution is 2.55. The molecular weight excluding hydrogens is 588 g/mol. The van der Waals surface area contributed by atoms with Crippen LogP contribution in [0.4, 0.5) is 5.69 Å². The molecule has 1 spiro atoms. The Labute approximate surface area is 265 Å². The van der Waals surface area contributed by atoms with Gasteiger partial charge in [-0.05, 0) is 49.1 Å². The van der Waals surface area contributed by atoms with E-state index in [2.05, 4.69) is 29.4 Å². The maximum absolute atomic E-state index is 14.3. The first-order chi connectivity index (χ1) is 20.3. The monoisotopic (exact) mass is 632 g/mol. The Kier molecular flexibility index (Phi) is 10.1. The average Bonchev–Trinajstić information content (AvgIpc) is 3.63. The summed E-state index contributed by atoms with van der Waals surface area (Å²) in [6, 6.07) is 6.94. The summed E-state index contributed by atoms with van der Waals surface area (Å²) in [6.07, 6.45) is 9.15. The number of rotatable bonds is 9. The van der Waals surface area contributed by atoms with Gasteiger partial charge in [0.05, 0.1) is 31.2 Å². The van der Waals surface area contributed by atoms with Crippen LogP contribution in [0.2, 0.25) is 0 Å². The first-order valence-electron chi connectivity index (χ1n) is 15.6. The molecule has 4 heterocycles. The molecule has 9 nitrogen and oxygen atoms in total. The summed E-state index contributed by atoms with van der Waals surface area (Å²) in [5.41, 5.74) is -0.451. The number of halogens is 1. The van der Waals surface area contributed by atoms with E-state index in [4.69, 9.17) is 9.47 Å². The number of amides is 3. The number of ether oxygens (including phenoxy) is 2. The predicted octanol–water partition coefficient (Wildman–Crippen LogP) is 3.58. The molecule has 11 heteroatoms. The number of hydrogen-bond acceptors (Lipinski definition) is 7. The maximum Gasteiger partial charge on any atom is 0.246 e. The molecule has 0 radical (unpaired) electrons. The lowest BCUT2D eigenvalue weighted by Gasteiger charge is -2.38. The smallest absolute Gasteiger partial charge is 0.246 e. The van der Waals surface area contributed by atoms with Crippen molar-refractivity contribution < 1.29 is 23.9 Å². The molecule has 5 aliphatic rings. The average molecular weight is 633 g/mol. The summed E-state index contributed by atoms with van der Waals surface area (Å²) in [7, 11) is 0. The number of nitrogens with zero attached hydrogens (tertiary/aromatic N) is 2. The molecule has 2 N–H and O–H groups in total. The molecule has 2 bridgehead atoms. The highest BCUT2D eigenvalue weighted by Gasteiger charge is 2.72. The Balaban J connectivity index is 0.00000368. The third-order valence-corrected chi connectivity index (χ3v) is 11.0. The molecular formula is C32H45ClN4O5S. The van der Waals surface area contributed by atoms with Gasteiger partial charge in [0.15, 0.2) is 0 Å². The Hall–Kier alpha value is -2.11. The number of thioether (sulfide) groups is 1. The van der Waals surface area contributed by atoms with E-state index in [1.807, 2.05) is 42.7 Å². The minimum Gasteiger partial charge on any atom is -0.379 e. The number of hydrogen-bond donors (Lipinski definition) is 2. The summed E-state index contributed by atoms with van der Waals surface area (Å²) < 4.78 is 12.0. The second kappa shape index (κ2) is 13.5. The number of carbonyl (C=O) groups excluding carboxylic acids is 3. The second-order valence-electron chi connectivity index (χ2n) is 12.6. The van der Waals surface area contributed by atoms with Gasteiger partial charge in [0.25, 0.3) is 0 Å². The van der Waals surface area contributed by atoms with Gasteiger partial charge < -0.3 is 25.0 Å². The lowest BCUT2D eigenvalue weighted by molar-refractivity contribution is -0.141. The van der Waals surface area contributed by atoms with Crippen LogP contribution < -0.4 is 10.6 Å². The van der Waals surface area contributed by atoms with Crippen LogP contribution in [0.3, 0.4) is 0 Å². The molecule has 3 saturated heterocycles. The summed E-state index contributed by atoms with van der Waals surface area (Å²) in [6.45, 7) is 8.89. The number of anilines is 1. The Morgan fingerprint density at radius 3 is 2.67 bits per heavy atom. The van der Waals surface area contributed by atoms with Crippen molar-refractivity contribution in [2.75, 3.05) is 51.0 Å². The Bertz CT molecular complexity index is 1230. The number of benzene rings is 1. The third-order valence-electron chi connectivity index (χ3n) is 10.3.